The van der Waals surface area contributed by atoms with Crippen molar-refractivity contribution < 1.29 is 24.7 Å². The van der Waals surface area contributed by atoms with E-state index in [2.05, 4.69) is 5.32 Å². The minimum atomic E-state index is -1.20. The molecule has 1 amide bonds. The van der Waals surface area contributed by atoms with Gasteiger partial charge in [0.05, 0.1) is 6.04 Å². The summed E-state index contributed by atoms with van der Waals surface area (Å²) in [5.74, 6) is 0.163. The molecule has 6 N–H and O–H groups in total. The Labute approximate surface area is 144 Å². The summed E-state index contributed by atoms with van der Waals surface area (Å²) in [4.78, 5) is 22.4. The van der Waals surface area contributed by atoms with E-state index in [1.807, 2.05) is 20.9 Å². The predicted molar refractivity (Wildman–Crippen MR) is 93.3 cm³/mol. The number of nitrogens with two attached hydrogens (primary N) is 1. The first-order valence-electron chi connectivity index (χ1n) is 8.44. The van der Waals surface area contributed by atoms with Crippen molar-refractivity contribution in [3.05, 3.63) is 0 Å². The van der Waals surface area contributed by atoms with Gasteiger partial charge < -0.3 is 31.1 Å². The average molecular weight is 345 g/mol. The van der Waals surface area contributed by atoms with Crippen LogP contribution >= 0.6 is 0 Å². The first-order valence-corrected chi connectivity index (χ1v) is 8.44. The number of carboxylic acid groups (broad SMARTS) is 1. The lowest BCUT2D eigenvalue weighted by molar-refractivity contribution is -0.134. The lowest BCUT2D eigenvalue weighted by atomic mass is 9.83. The van der Waals surface area contributed by atoms with Crippen LogP contribution in [0.2, 0.25) is 6.32 Å². The molecule has 9 heteroatoms. The fraction of sp³-hybridized carbons (Fsp3) is 0.867. The molecule has 0 aromatic rings. The maximum Gasteiger partial charge on any atom is 0.451 e. The first-order chi connectivity index (χ1) is 11.2. The van der Waals surface area contributed by atoms with Gasteiger partial charge in [0.2, 0.25) is 5.91 Å². The third kappa shape index (κ3) is 8.63. The zero-order valence-electron chi connectivity index (χ0n) is 14.9. The molecule has 1 saturated heterocycles. The maximum atomic E-state index is 12.2. The molecule has 0 aliphatic carbocycles. The second kappa shape index (κ2) is 12.2. The number of hydrogen-bond donors (Lipinski definition) is 5. The van der Waals surface area contributed by atoms with Gasteiger partial charge in [-0.15, -0.1) is 0 Å². The van der Waals surface area contributed by atoms with Crippen LogP contribution in [0.1, 0.15) is 39.5 Å². The Morgan fingerprint density at radius 2 is 2.00 bits per heavy atom. The van der Waals surface area contributed by atoms with E-state index in [0.717, 1.165) is 32.2 Å². The number of nitrogens with one attached hydrogen (secondary N) is 1. The van der Waals surface area contributed by atoms with Crippen molar-refractivity contribution in [2.75, 3.05) is 13.6 Å². The number of carbonyl (C=O) groups excluding carboxylic acids is 1. The molecule has 3 unspecified atom stereocenters. The third-order valence-electron chi connectivity index (χ3n) is 4.36. The summed E-state index contributed by atoms with van der Waals surface area (Å²) in [6.07, 6.45) is 4.15. The number of likely N-dealkylation sites (N-methyl/N-ethyl adjacent to an activating group) is 1. The second-order valence-electron chi connectivity index (χ2n) is 6.58. The highest BCUT2D eigenvalue weighted by Crippen LogP contribution is 2.18. The summed E-state index contributed by atoms with van der Waals surface area (Å²) in [5, 5.41) is 27.9. The average Bonchev–Trinajstić information content (AvgIpc) is 2.98. The Morgan fingerprint density at radius 3 is 2.50 bits per heavy atom. The molecule has 1 rings (SSSR count). The number of unbranched alkanes of at least 4 members (excludes halogenated alkanes) is 1. The summed E-state index contributed by atoms with van der Waals surface area (Å²) >= 11 is 0. The molecule has 8 nitrogen and oxygen atoms in total. The Morgan fingerprint density at radius 1 is 1.42 bits per heavy atom. The molecule has 1 aliphatic heterocycles. The molecular weight excluding hydrogens is 313 g/mol. The maximum absolute atomic E-state index is 12.2. The first kappa shape index (κ1) is 22.8. The van der Waals surface area contributed by atoms with E-state index in [9.17, 15) is 4.79 Å². The molecule has 140 valence electrons. The van der Waals surface area contributed by atoms with Crippen LogP contribution in [0.4, 0.5) is 0 Å². The van der Waals surface area contributed by atoms with Crippen LogP contribution in [0.5, 0.6) is 0 Å². The van der Waals surface area contributed by atoms with Crippen LogP contribution in [0, 0.1) is 5.92 Å². The van der Waals surface area contributed by atoms with Gasteiger partial charge in [-0.1, -0.05) is 26.7 Å². The van der Waals surface area contributed by atoms with E-state index >= 15 is 0 Å². The molecule has 0 radical (unpaired) electrons. The largest absolute Gasteiger partial charge is 0.483 e. The molecule has 0 saturated carbocycles. The molecular formula is C15H32BN3O5. The Kier molecular flexibility index (Phi) is 11.7. The van der Waals surface area contributed by atoms with Gasteiger partial charge in [0.25, 0.3) is 6.47 Å². The van der Waals surface area contributed by atoms with Crippen molar-refractivity contribution >= 4 is 19.5 Å². The van der Waals surface area contributed by atoms with Crippen molar-refractivity contribution in [3.8, 4) is 0 Å². The fourth-order valence-electron chi connectivity index (χ4n) is 2.73. The molecule has 1 heterocycles. The molecule has 24 heavy (non-hydrogen) atoms. The highest BCUT2D eigenvalue weighted by Gasteiger charge is 2.31. The zero-order chi connectivity index (χ0) is 18.7. The van der Waals surface area contributed by atoms with E-state index in [4.69, 9.17) is 25.7 Å². The number of amides is 1. The molecule has 1 aliphatic rings. The van der Waals surface area contributed by atoms with Crippen molar-refractivity contribution in [1.82, 2.24) is 10.2 Å². The minimum Gasteiger partial charge on any atom is -0.483 e. The third-order valence-corrected chi connectivity index (χ3v) is 4.36. The lowest BCUT2D eigenvalue weighted by Gasteiger charge is -2.28. The monoisotopic (exact) mass is 345 g/mol. The van der Waals surface area contributed by atoms with Crippen molar-refractivity contribution in [2.45, 2.75) is 64.0 Å². The second-order valence-corrected chi connectivity index (χ2v) is 6.58. The van der Waals surface area contributed by atoms with Gasteiger partial charge in [0.15, 0.2) is 0 Å². The van der Waals surface area contributed by atoms with Crippen molar-refractivity contribution in [3.63, 3.8) is 0 Å². The smallest absolute Gasteiger partial charge is 0.451 e. The molecule has 1 fully saturated rings. The highest BCUT2D eigenvalue weighted by atomic mass is 16.4. The predicted octanol–water partition coefficient (Wildman–Crippen LogP) is -0.497. The highest BCUT2D eigenvalue weighted by molar-refractivity contribution is 6.40. The topological polar surface area (TPSA) is 136 Å². The minimum absolute atomic E-state index is 0.0147. The van der Waals surface area contributed by atoms with Gasteiger partial charge in [-0.2, -0.15) is 0 Å². The SMILES string of the molecule is CC(C)C(N)C(=O)N(C)C1CNC(CCCCB(O)O)C1.O=CO. The quantitative estimate of drug-likeness (QED) is 0.227. The summed E-state index contributed by atoms with van der Waals surface area (Å²) in [6, 6.07) is 0.173. The van der Waals surface area contributed by atoms with Crippen LogP contribution in [0.15, 0.2) is 0 Å². The lowest BCUT2D eigenvalue weighted by Crippen LogP contribution is -2.49. The normalized spacial score (nSPS) is 21.0. The van der Waals surface area contributed by atoms with Crippen molar-refractivity contribution in [2.24, 2.45) is 11.7 Å². The van der Waals surface area contributed by atoms with Crippen molar-refractivity contribution in [1.29, 1.82) is 0 Å². The Hall–Kier alpha value is -1.16. The van der Waals surface area contributed by atoms with Crippen LogP contribution in [0.3, 0.4) is 0 Å². The van der Waals surface area contributed by atoms with E-state index in [1.54, 1.807) is 4.90 Å². The van der Waals surface area contributed by atoms with Gasteiger partial charge in [-0.05, 0) is 25.1 Å². The molecule has 0 aromatic carbocycles. The molecule has 0 bridgehead atoms. The van der Waals surface area contributed by atoms with Gasteiger partial charge in [0, 0.05) is 25.7 Å². The fourth-order valence-corrected chi connectivity index (χ4v) is 2.73. The van der Waals surface area contributed by atoms with Gasteiger partial charge in [-0.3, -0.25) is 9.59 Å². The van der Waals surface area contributed by atoms with E-state index in [0.29, 0.717) is 12.4 Å². The molecule has 0 spiro atoms. The number of hydrogen-bond acceptors (Lipinski definition) is 6. The molecule has 0 aromatic heterocycles. The van der Waals surface area contributed by atoms with Crippen LogP contribution in [-0.2, 0) is 9.59 Å². The van der Waals surface area contributed by atoms with Gasteiger partial charge in [-0.25, -0.2) is 0 Å². The summed E-state index contributed by atoms with van der Waals surface area (Å²) < 4.78 is 0. The van der Waals surface area contributed by atoms with Gasteiger partial charge in [0.1, 0.15) is 0 Å². The Balaban J connectivity index is 0.00000163. The Bertz CT molecular complexity index is 371. The number of rotatable bonds is 8. The van der Waals surface area contributed by atoms with Crippen LogP contribution in [-0.4, -0.2) is 71.3 Å². The van der Waals surface area contributed by atoms with Crippen LogP contribution in [0.25, 0.3) is 0 Å². The van der Waals surface area contributed by atoms with Crippen LogP contribution < -0.4 is 11.1 Å². The summed E-state index contributed by atoms with van der Waals surface area (Å²) in [6.45, 7) is 4.48. The summed E-state index contributed by atoms with van der Waals surface area (Å²) in [5.41, 5.74) is 5.93. The van der Waals surface area contributed by atoms with E-state index < -0.39 is 13.2 Å². The van der Waals surface area contributed by atoms with E-state index in [1.165, 1.54) is 0 Å². The number of nitrogens with zero attached hydrogens (tertiary/aromatic N) is 1. The standard InChI is InChI=1S/C14H30BN3O3.CH2O2/c1-10(2)13(16)14(19)18(3)12-8-11(17-9-12)6-4-5-7-15(20)21;2-1-3/h10-13,17,20-21H,4-9,16H2,1-3H3;1H,(H,2,3). The zero-order valence-corrected chi connectivity index (χ0v) is 14.9. The summed E-state index contributed by atoms with van der Waals surface area (Å²) in [7, 11) is 0.636. The molecule has 3 atom stereocenters. The van der Waals surface area contributed by atoms with E-state index in [-0.39, 0.29) is 24.3 Å². The number of carbonyl (C=O) groups is 2. The van der Waals surface area contributed by atoms with Gasteiger partial charge >= 0.3 is 7.12 Å².